The molecule has 1 aromatic rings. The van der Waals surface area contributed by atoms with E-state index in [4.69, 9.17) is 5.73 Å². The van der Waals surface area contributed by atoms with Crippen molar-refractivity contribution in [1.29, 1.82) is 0 Å². The van der Waals surface area contributed by atoms with Gasteiger partial charge in [-0.05, 0) is 43.0 Å². The number of amides is 1. The fourth-order valence-corrected chi connectivity index (χ4v) is 1.77. The van der Waals surface area contributed by atoms with Crippen LogP contribution in [0.4, 0.5) is 4.39 Å². The number of carbonyl (C=O) groups excluding carboxylic acids is 1. The first-order valence-corrected chi connectivity index (χ1v) is 5.39. The number of rotatable bonds is 4. The first kappa shape index (κ1) is 11.1. The van der Waals surface area contributed by atoms with Crippen LogP contribution < -0.4 is 11.1 Å². The topological polar surface area (TPSA) is 55.1 Å². The highest BCUT2D eigenvalue weighted by atomic mass is 19.1. The van der Waals surface area contributed by atoms with E-state index in [9.17, 15) is 9.18 Å². The molecule has 3 N–H and O–H groups in total. The first-order chi connectivity index (χ1) is 7.58. The SMILES string of the molecule is Cc1cc(F)ccc1C(NC1CC1)C(N)=O. The molecule has 1 fully saturated rings. The molecule has 3 nitrogen and oxygen atoms in total. The van der Waals surface area contributed by atoms with Gasteiger partial charge in [0.25, 0.3) is 0 Å². The Morgan fingerprint density at radius 3 is 2.75 bits per heavy atom. The van der Waals surface area contributed by atoms with Gasteiger partial charge in [0, 0.05) is 6.04 Å². The average Bonchev–Trinajstić information content (AvgIpc) is 2.98. The fraction of sp³-hybridized carbons (Fsp3) is 0.417. The maximum Gasteiger partial charge on any atom is 0.239 e. The second-order valence-corrected chi connectivity index (χ2v) is 4.28. The summed E-state index contributed by atoms with van der Waals surface area (Å²) in [7, 11) is 0. The molecule has 4 heteroatoms. The highest BCUT2D eigenvalue weighted by Crippen LogP contribution is 2.25. The summed E-state index contributed by atoms with van der Waals surface area (Å²) in [6, 6.07) is 4.26. The first-order valence-electron chi connectivity index (χ1n) is 5.39. The molecule has 16 heavy (non-hydrogen) atoms. The van der Waals surface area contributed by atoms with Crippen LogP contribution in [0, 0.1) is 12.7 Å². The van der Waals surface area contributed by atoms with E-state index in [1.807, 2.05) is 0 Å². The van der Waals surface area contributed by atoms with Gasteiger partial charge in [-0.25, -0.2) is 4.39 Å². The molecular weight excluding hydrogens is 207 g/mol. The summed E-state index contributed by atoms with van der Waals surface area (Å²) in [5.41, 5.74) is 6.87. The Balaban J connectivity index is 2.26. The summed E-state index contributed by atoms with van der Waals surface area (Å²) in [6.45, 7) is 1.78. The van der Waals surface area contributed by atoms with Crippen LogP contribution in [0.1, 0.15) is 30.0 Å². The van der Waals surface area contributed by atoms with Crippen molar-refractivity contribution in [2.75, 3.05) is 0 Å². The summed E-state index contributed by atoms with van der Waals surface area (Å²) in [6.07, 6.45) is 2.15. The molecule has 86 valence electrons. The van der Waals surface area contributed by atoms with E-state index in [1.165, 1.54) is 12.1 Å². The lowest BCUT2D eigenvalue weighted by atomic mass is 10.0. The highest BCUT2D eigenvalue weighted by Gasteiger charge is 2.28. The van der Waals surface area contributed by atoms with Gasteiger partial charge in [0.1, 0.15) is 11.9 Å². The third-order valence-electron chi connectivity index (χ3n) is 2.81. The molecule has 0 radical (unpaired) electrons. The average molecular weight is 222 g/mol. The minimum Gasteiger partial charge on any atom is -0.368 e. The van der Waals surface area contributed by atoms with Crippen molar-refractivity contribution in [3.8, 4) is 0 Å². The Bertz CT molecular complexity index is 415. The van der Waals surface area contributed by atoms with Gasteiger partial charge < -0.3 is 5.73 Å². The summed E-state index contributed by atoms with van der Waals surface area (Å²) in [5.74, 6) is -0.711. The molecule has 0 aliphatic heterocycles. The van der Waals surface area contributed by atoms with E-state index in [-0.39, 0.29) is 5.82 Å². The van der Waals surface area contributed by atoms with Crippen LogP contribution in [0.5, 0.6) is 0 Å². The molecule has 0 saturated heterocycles. The van der Waals surface area contributed by atoms with Crippen LogP contribution in [0.25, 0.3) is 0 Å². The van der Waals surface area contributed by atoms with Gasteiger partial charge in [-0.3, -0.25) is 10.1 Å². The normalized spacial score (nSPS) is 17.1. The summed E-state index contributed by atoms with van der Waals surface area (Å²) in [4.78, 5) is 11.4. The Hall–Kier alpha value is -1.42. The smallest absolute Gasteiger partial charge is 0.239 e. The zero-order valence-corrected chi connectivity index (χ0v) is 9.16. The molecule has 1 aliphatic rings. The molecule has 1 atom stereocenters. The van der Waals surface area contributed by atoms with E-state index in [1.54, 1.807) is 13.0 Å². The van der Waals surface area contributed by atoms with Crippen LogP contribution in [0.3, 0.4) is 0 Å². The monoisotopic (exact) mass is 222 g/mol. The Morgan fingerprint density at radius 1 is 1.56 bits per heavy atom. The minimum absolute atomic E-state index is 0.295. The van der Waals surface area contributed by atoms with Crippen molar-refractivity contribution in [2.45, 2.75) is 31.8 Å². The predicted molar refractivity (Wildman–Crippen MR) is 59.2 cm³/mol. The summed E-state index contributed by atoms with van der Waals surface area (Å²) < 4.78 is 13.0. The maximum atomic E-state index is 13.0. The molecule has 0 aromatic heterocycles. The van der Waals surface area contributed by atoms with Crippen LogP contribution in [-0.4, -0.2) is 11.9 Å². The van der Waals surface area contributed by atoms with Gasteiger partial charge in [-0.2, -0.15) is 0 Å². The lowest BCUT2D eigenvalue weighted by molar-refractivity contribution is -0.120. The van der Waals surface area contributed by atoms with Crippen molar-refractivity contribution < 1.29 is 9.18 Å². The van der Waals surface area contributed by atoms with Gasteiger partial charge in [0.2, 0.25) is 5.91 Å². The quantitative estimate of drug-likeness (QED) is 0.809. The van der Waals surface area contributed by atoms with Crippen molar-refractivity contribution in [2.24, 2.45) is 5.73 Å². The van der Waals surface area contributed by atoms with Crippen LogP contribution in [0.15, 0.2) is 18.2 Å². The molecule has 1 saturated carbocycles. The molecule has 0 heterocycles. The zero-order chi connectivity index (χ0) is 11.7. The van der Waals surface area contributed by atoms with E-state index < -0.39 is 11.9 Å². The molecule has 1 aliphatic carbocycles. The van der Waals surface area contributed by atoms with E-state index in [0.717, 1.165) is 24.0 Å². The highest BCUT2D eigenvalue weighted by molar-refractivity contribution is 5.82. The number of benzene rings is 1. The number of hydrogen-bond donors (Lipinski definition) is 2. The third kappa shape index (κ3) is 2.39. The van der Waals surface area contributed by atoms with E-state index in [2.05, 4.69) is 5.32 Å². The maximum absolute atomic E-state index is 13.0. The number of nitrogens with one attached hydrogen (secondary N) is 1. The van der Waals surface area contributed by atoms with E-state index in [0.29, 0.717) is 6.04 Å². The summed E-state index contributed by atoms with van der Waals surface area (Å²) >= 11 is 0. The molecule has 1 unspecified atom stereocenters. The third-order valence-corrected chi connectivity index (χ3v) is 2.81. The van der Waals surface area contributed by atoms with Gasteiger partial charge in [-0.15, -0.1) is 0 Å². The molecule has 0 bridgehead atoms. The zero-order valence-electron chi connectivity index (χ0n) is 9.16. The predicted octanol–water partition coefficient (Wildman–Crippen LogP) is 1.41. The lowest BCUT2D eigenvalue weighted by Crippen LogP contribution is -2.35. The second kappa shape index (κ2) is 4.22. The van der Waals surface area contributed by atoms with Crippen molar-refractivity contribution in [3.05, 3.63) is 35.1 Å². The molecular formula is C12H15FN2O. The number of carbonyl (C=O) groups is 1. The van der Waals surface area contributed by atoms with Crippen molar-refractivity contribution >= 4 is 5.91 Å². The fourth-order valence-electron chi connectivity index (χ4n) is 1.77. The molecule has 0 spiro atoms. The number of aryl methyl sites for hydroxylation is 1. The summed E-state index contributed by atoms with van der Waals surface area (Å²) in [5, 5.41) is 3.17. The van der Waals surface area contributed by atoms with Crippen molar-refractivity contribution in [3.63, 3.8) is 0 Å². The number of hydrogen-bond acceptors (Lipinski definition) is 2. The molecule has 1 amide bonds. The van der Waals surface area contributed by atoms with Crippen molar-refractivity contribution in [1.82, 2.24) is 5.32 Å². The minimum atomic E-state index is -0.506. The molecule has 2 rings (SSSR count). The van der Waals surface area contributed by atoms with Gasteiger partial charge in [0.05, 0.1) is 0 Å². The number of primary amides is 1. The standard InChI is InChI=1S/C12H15FN2O/c1-7-6-8(13)2-5-10(7)11(12(14)16)15-9-3-4-9/h2,5-6,9,11,15H,3-4H2,1H3,(H2,14,16). The van der Waals surface area contributed by atoms with Crippen LogP contribution >= 0.6 is 0 Å². The van der Waals surface area contributed by atoms with Crippen LogP contribution in [0.2, 0.25) is 0 Å². The Kier molecular flexibility index (Phi) is 2.92. The number of halogens is 1. The van der Waals surface area contributed by atoms with Gasteiger partial charge in [0.15, 0.2) is 0 Å². The van der Waals surface area contributed by atoms with Gasteiger partial charge in [-0.1, -0.05) is 6.07 Å². The lowest BCUT2D eigenvalue weighted by Gasteiger charge is -2.17. The Morgan fingerprint density at radius 2 is 2.25 bits per heavy atom. The van der Waals surface area contributed by atoms with E-state index >= 15 is 0 Å². The Labute approximate surface area is 93.8 Å². The van der Waals surface area contributed by atoms with Gasteiger partial charge >= 0.3 is 0 Å². The largest absolute Gasteiger partial charge is 0.368 e. The molecule has 1 aromatic carbocycles. The number of nitrogens with two attached hydrogens (primary N) is 1. The second-order valence-electron chi connectivity index (χ2n) is 4.28. The van der Waals surface area contributed by atoms with Crippen LogP contribution in [-0.2, 0) is 4.79 Å².